The molecular weight excluding hydrogens is 767 g/mol. The van der Waals surface area contributed by atoms with E-state index in [0.717, 1.165) is 55.6 Å². The van der Waals surface area contributed by atoms with Gasteiger partial charge >= 0.3 is 0 Å². The standard InChI is InChI=1S/C41H42ClFN10O5/c1-24-18-41(23-52(24)26-3-4-32(44-2)30(42)15-26)7-9-50(10-8-41)40-45-19-25(20-46-40)37(56)49-13-11-48(12-14-49)27-21-51(22-27)34-17-29-28(16-31(34)43)38(57)53(39(29)58)33-5-6-35(54)47-36(33)55/h3-4,15-17,19-20,24,27,33H,5-14,18,21-23H2,1H3,(H,47,54,55)/t24-,33?/m0/s1. The van der Waals surface area contributed by atoms with E-state index in [1.807, 2.05) is 21.9 Å². The topological polar surface area (TPSA) is 147 Å². The first kappa shape index (κ1) is 37.9. The van der Waals surface area contributed by atoms with Gasteiger partial charge in [0.05, 0.1) is 28.9 Å². The third-order valence-electron chi connectivity index (χ3n) is 13.0. The Morgan fingerprint density at radius 3 is 2.29 bits per heavy atom. The Hall–Kier alpha value is -5.66. The van der Waals surface area contributed by atoms with Gasteiger partial charge in [-0.2, -0.15) is 0 Å². The van der Waals surface area contributed by atoms with Gasteiger partial charge in [-0.05, 0) is 62.3 Å². The fraction of sp³-hybridized carbons (Fsp3) is 0.463. The molecule has 5 saturated heterocycles. The van der Waals surface area contributed by atoms with Crippen LogP contribution in [-0.4, -0.2) is 131 Å². The molecule has 3 aromatic rings. The lowest BCUT2D eigenvalue weighted by molar-refractivity contribution is -0.136. The number of piperidine rings is 2. The normalized spacial score (nSPS) is 23.7. The van der Waals surface area contributed by atoms with Crippen molar-refractivity contribution in [2.45, 2.75) is 57.2 Å². The number of anilines is 3. The SMILES string of the molecule is [C-]#[N+]c1ccc(N2CC3(CCN(c4ncc(C(=O)N5CCN(C6CN(c7cc8c(cc7F)C(=O)N(C7CCC(=O)NC7=O)C8=O)C6)CC5)cn4)CC3)C[C@@H]2C)cc1Cl. The van der Waals surface area contributed by atoms with Gasteiger partial charge in [-0.25, -0.2) is 19.2 Å². The van der Waals surface area contributed by atoms with Gasteiger partial charge in [0.15, 0.2) is 0 Å². The number of halogens is 2. The lowest BCUT2D eigenvalue weighted by Crippen LogP contribution is -2.63. The Morgan fingerprint density at radius 2 is 1.64 bits per heavy atom. The van der Waals surface area contributed by atoms with Crippen LogP contribution in [0.4, 0.5) is 27.4 Å². The molecule has 58 heavy (non-hydrogen) atoms. The minimum atomic E-state index is -1.12. The van der Waals surface area contributed by atoms with Crippen LogP contribution in [0.2, 0.25) is 5.02 Å². The van der Waals surface area contributed by atoms with Crippen molar-refractivity contribution < 1.29 is 28.4 Å². The highest BCUT2D eigenvalue weighted by atomic mass is 35.5. The van der Waals surface area contributed by atoms with Crippen molar-refractivity contribution in [3.63, 3.8) is 0 Å². The van der Waals surface area contributed by atoms with E-state index in [1.54, 1.807) is 18.5 Å². The number of carbonyl (C=O) groups excluding carboxylic acids is 5. The summed E-state index contributed by atoms with van der Waals surface area (Å²) in [6.45, 7) is 15.5. The van der Waals surface area contributed by atoms with E-state index in [0.29, 0.717) is 67.5 Å². The van der Waals surface area contributed by atoms with Crippen LogP contribution in [0.3, 0.4) is 0 Å². The molecule has 0 bridgehead atoms. The zero-order chi connectivity index (χ0) is 40.5. The average Bonchev–Trinajstić information content (AvgIpc) is 3.65. The summed E-state index contributed by atoms with van der Waals surface area (Å²) in [5.74, 6) is -2.71. The molecule has 2 atom stereocenters. The second-order valence-electron chi connectivity index (χ2n) is 16.4. The Bertz CT molecular complexity index is 2260. The summed E-state index contributed by atoms with van der Waals surface area (Å²) in [6, 6.07) is 7.51. The van der Waals surface area contributed by atoms with E-state index in [9.17, 15) is 24.0 Å². The molecule has 7 heterocycles. The fourth-order valence-electron chi connectivity index (χ4n) is 9.64. The Balaban J connectivity index is 0.750. The maximum absolute atomic E-state index is 15.4. The lowest BCUT2D eigenvalue weighted by Gasteiger charge is -2.49. The maximum Gasteiger partial charge on any atom is 0.262 e. The summed E-state index contributed by atoms with van der Waals surface area (Å²) in [6.07, 6.45) is 6.36. The van der Waals surface area contributed by atoms with Crippen molar-refractivity contribution in [2.24, 2.45) is 5.41 Å². The number of piperazine rings is 1. The number of imide groups is 2. The third-order valence-corrected chi connectivity index (χ3v) is 13.3. The van der Waals surface area contributed by atoms with E-state index >= 15 is 4.39 Å². The average molecular weight is 809 g/mol. The number of aromatic nitrogens is 2. The second kappa shape index (κ2) is 14.6. The minimum absolute atomic E-state index is 0.00415. The third kappa shape index (κ3) is 6.59. The summed E-state index contributed by atoms with van der Waals surface area (Å²) < 4.78 is 15.4. The van der Waals surface area contributed by atoms with Gasteiger partial charge in [0.2, 0.25) is 23.5 Å². The van der Waals surface area contributed by atoms with Gasteiger partial charge in [0.25, 0.3) is 17.7 Å². The highest BCUT2D eigenvalue weighted by Gasteiger charge is 2.47. The smallest absolute Gasteiger partial charge is 0.262 e. The molecule has 2 aromatic carbocycles. The maximum atomic E-state index is 15.4. The van der Waals surface area contributed by atoms with Crippen LogP contribution in [0.15, 0.2) is 42.7 Å². The molecule has 1 aromatic heterocycles. The van der Waals surface area contributed by atoms with Crippen LogP contribution < -0.4 is 20.0 Å². The largest absolute Gasteiger partial charge is 0.368 e. The number of hydrogen-bond donors (Lipinski definition) is 1. The molecular formula is C41H42ClFN10O5. The second-order valence-corrected chi connectivity index (χ2v) is 16.8. The monoisotopic (exact) mass is 808 g/mol. The highest BCUT2D eigenvalue weighted by molar-refractivity contribution is 6.33. The van der Waals surface area contributed by atoms with E-state index in [1.165, 1.54) is 6.07 Å². The van der Waals surface area contributed by atoms with E-state index in [4.69, 9.17) is 18.2 Å². The number of benzene rings is 2. The Labute approximate surface area is 339 Å². The van der Waals surface area contributed by atoms with Crippen molar-refractivity contribution in [2.75, 3.05) is 73.6 Å². The Morgan fingerprint density at radius 1 is 0.948 bits per heavy atom. The van der Waals surface area contributed by atoms with Crippen LogP contribution in [0.1, 0.15) is 70.1 Å². The Kier molecular flexibility index (Phi) is 9.55. The van der Waals surface area contributed by atoms with Gasteiger partial charge in [-0.15, -0.1) is 0 Å². The molecule has 300 valence electrons. The number of rotatable bonds is 6. The summed E-state index contributed by atoms with van der Waals surface area (Å²) in [5.41, 5.74) is 2.31. The van der Waals surface area contributed by atoms with E-state index < -0.39 is 35.5 Å². The van der Waals surface area contributed by atoms with E-state index in [-0.39, 0.29) is 47.0 Å². The number of nitrogens with zero attached hydrogens (tertiary/aromatic N) is 9. The van der Waals surface area contributed by atoms with Crippen LogP contribution in [0, 0.1) is 17.8 Å². The van der Waals surface area contributed by atoms with Gasteiger partial charge in [-0.1, -0.05) is 17.7 Å². The summed E-state index contributed by atoms with van der Waals surface area (Å²) in [5, 5.41) is 2.65. The first-order valence-electron chi connectivity index (χ1n) is 19.8. The number of nitrogens with one attached hydrogen (secondary N) is 1. The number of hydrogen-bond acceptors (Lipinski definition) is 11. The van der Waals surface area contributed by atoms with Crippen LogP contribution in [0.5, 0.6) is 0 Å². The van der Waals surface area contributed by atoms with Crippen molar-refractivity contribution in [1.82, 2.24) is 30.0 Å². The molecule has 15 nitrogen and oxygen atoms in total. The minimum Gasteiger partial charge on any atom is -0.368 e. The molecule has 1 spiro atoms. The van der Waals surface area contributed by atoms with Crippen molar-refractivity contribution in [1.29, 1.82) is 0 Å². The quantitative estimate of drug-likeness (QED) is 0.287. The van der Waals surface area contributed by atoms with Gasteiger partial charge < -0.3 is 19.6 Å². The first-order chi connectivity index (χ1) is 27.9. The summed E-state index contributed by atoms with van der Waals surface area (Å²) >= 11 is 6.36. The summed E-state index contributed by atoms with van der Waals surface area (Å²) in [7, 11) is 0. The first-order valence-corrected chi connectivity index (χ1v) is 20.1. The predicted molar refractivity (Wildman–Crippen MR) is 212 cm³/mol. The molecule has 5 fully saturated rings. The fourth-order valence-corrected chi connectivity index (χ4v) is 9.86. The molecule has 5 amide bonds. The highest BCUT2D eigenvalue weighted by Crippen LogP contribution is 2.46. The number of amides is 5. The van der Waals surface area contributed by atoms with Gasteiger partial charge in [-0.3, -0.25) is 39.1 Å². The van der Waals surface area contributed by atoms with Crippen LogP contribution >= 0.6 is 11.6 Å². The predicted octanol–water partition coefficient (Wildman–Crippen LogP) is 3.75. The van der Waals surface area contributed by atoms with Crippen molar-refractivity contribution in [3.05, 3.63) is 81.7 Å². The molecule has 0 aliphatic carbocycles. The van der Waals surface area contributed by atoms with Crippen molar-refractivity contribution >= 4 is 64.1 Å². The molecule has 0 radical (unpaired) electrons. The zero-order valence-corrected chi connectivity index (χ0v) is 32.8. The van der Waals surface area contributed by atoms with Gasteiger partial charge in [0, 0.05) is 101 Å². The molecule has 17 heteroatoms. The van der Waals surface area contributed by atoms with Crippen LogP contribution in [0.25, 0.3) is 4.85 Å². The van der Waals surface area contributed by atoms with Crippen LogP contribution in [-0.2, 0) is 9.59 Å². The molecule has 1 unspecified atom stereocenters. The summed E-state index contributed by atoms with van der Waals surface area (Å²) in [4.78, 5) is 87.9. The molecule has 6 aliphatic heterocycles. The molecule has 0 saturated carbocycles. The number of fused-ring (bicyclic) bond motifs is 1. The zero-order valence-electron chi connectivity index (χ0n) is 32.0. The van der Waals surface area contributed by atoms with Gasteiger partial charge in [0.1, 0.15) is 11.9 Å². The molecule has 1 N–H and O–H groups in total. The lowest BCUT2D eigenvalue weighted by atomic mass is 9.77. The number of carbonyl (C=O) groups is 5. The molecule has 6 aliphatic rings. The van der Waals surface area contributed by atoms with Crippen molar-refractivity contribution in [3.8, 4) is 0 Å². The molecule has 9 rings (SSSR count). The van der Waals surface area contributed by atoms with E-state index in [2.05, 4.69) is 41.8 Å².